The third-order valence-electron chi connectivity index (χ3n) is 8.12. The summed E-state index contributed by atoms with van der Waals surface area (Å²) < 4.78 is 11.9. The van der Waals surface area contributed by atoms with Gasteiger partial charge in [-0.1, -0.05) is 54.1 Å². The lowest BCUT2D eigenvalue weighted by molar-refractivity contribution is -0.155. The number of amides is 2. The van der Waals surface area contributed by atoms with Gasteiger partial charge in [0.1, 0.15) is 11.6 Å². The molecule has 3 unspecified atom stereocenters. The van der Waals surface area contributed by atoms with Crippen LogP contribution in [-0.2, 0) is 23.9 Å². The zero-order valence-electron chi connectivity index (χ0n) is 22.1. The van der Waals surface area contributed by atoms with E-state index in [9.17, 15) is 19.5 Å². The van der Waals surface area contributed by atoms with Crippen molar-refractivity contribution in [2.75, 3.05) is 24.7 Å². The Kier molecular flexibility index (Phi) is 7.89. The van der Waals surface area contributed by atoms with Crippen molar-refractivity contribution in [1.82, 2.24) is 4.90 Å². The van der Waals surface area contributed by atoms with Crippen LogP contribution in [0.3, 0.4) is 0 Å². The molecule has 9 heteroatoms. The Morgan fingerprint density at radius 2 is 2.00 bits per heavy atom. The van der Waals surface area contributed by atoms with Gasteiger partial charge in [-0.05, 0) is 44.2 Å². The summed E-state index contributed by atoms with van der Waals surface area (Å²) in [5.41, 5.74) is 1.38. The number of ether oxygens (including phenoxy) is 2. The maximum absolute atomic E-state index is 14.7. The van der Waals surface area contributed by atoms with Crippen LogP contribution in [0.1, 0.15) is 38.3 Å². The Hall–Kier alpha value is -2.23. The van der Waals surface area contributed by atoms with Crippen molar-refractivity contribution in [3.8, 4) is 0 Å². The van der Waals surface area contributed by atoms with Gasteiger partial charge in [0.25, 0.3) is 5.91 Å². The molecule has 3 aliphatic heterocycles. The van der Waals surface area contributed by atoms with E-state index < -0.39 is 41.6 Å². The predicted molar refractivity (Wildman–Crippen MR) is 143 cm³/mol. The first-order valence-electron chi connectivity index (χ1n) is 13.0. The number of carbonyl (C=O) groups is 3. The lowest BCUT2D eigenvalue weighted by Crippen LogP contribution is -2.60. The molecule has 3 heterocycles. The van der Waals surface area contributed by atoms with Crippen LogP contribution in [0.25, 0.3) is 0 Å². The minimum Gasteiger partial charge on any atom is -0.466 e. The maximum Gasteiger partial charge on any atom is 0.312 e. The molecular formula is C28H37BrN2O6. The second-order valence-corrected chi connectivity index (χ2v) is 11.8. The molecule has 37 heavy (non-hydrogen) atoms. The van der Waals surface area contributed by atoms with Crippen LogP contribution in [0.2, 0.25) is 0 Å². The minimum atomic E-state index is -1.22. The Morgan fingerprint density at radius 3 is 2.54 bits per heavy atom. The van der Waals surface area contributed by atoms with E-state index in [1.165, 1.54) is 4.90 Å². The van der Waals surface area contributed by atoms with Crippen LogP contribution in [0.5, 0.6) is 0 Å². The number of likely N-dealkylation sites (tertiary alicyclic amines) is 1. The molecule has 1 aromatic carbocycles. The predicted octanol–water partition coefficient (Wildman–Crippen LogP) is 3.15. The molecule has 3 fully saturated rings. The Labute approximate surface area is 227 Å². The molecule has 4 rings (SSSR count). The molecule has 3 saturated heterocycles. The SMILES string of the molecule is C=CCN(C(=O)C1N([C@@H](CO)C(C)C)C(=O)[C@@H]2[C@H](C(=O)OCC)[C@H]3OC12CC3Br)c1c(C)cccc1C. The molecule has 0 saturated carbocycles. The number of esters is 1. The summed E-state index contributed by atoms with van der Waals surface area (Å²) >= 11 is 3.67. The molecule has 1 spiro atoms. The zero-order valence-corrected chi connectivity index (χ0v) is 23.7. The quantitative estimate of drug-likeness (QED) is 0.275. The summed E-state index contributed by atoms with van der Waals surface area (Å²) in [6.07, 6.45) is 1.47. The number of hydrogen-bond donors (Lipinski definition) is 1. The first-order valence-corrected chi connectivity index (χ1v) is 13.9. The van der Waals surface area contributed by atoms with Crippen molar-refractivity contribution >= 4 is 39.4 Å². The summed E-state index contributed by atoms with van der Waals surface area (Å²) in [6, 6.07) is 4.18. The molecule has 0 aromatic heterocycles. The van der Waals surface area contributed by atoms with Gasteiger partial charge in [-0.25, -0.2) is 0 Å². The van der Waals surface area contributed by atoms with Gasteiger partial charge in [-0.3, -0.25) is 14.4 Å². The first kappa shape index (κ1) is 27.8. The summed E-state index contributed by atoms with van der Waals surface area (Å²) in [5, 5.41) is 10.4. The van der Waals surface area contributed by atoms with Gasteiger partial charge in [-0.2, -0.15) is 0 Å². The molecule has 2 amide bonds. The first-order chi connectivity index (χ1) is 17.5. The highest BCUT2D eigenvalue weighted by molar-refractivity contribution is 9.09. The summed E-state index contributed by atoms with van der Waals surface area (Å²) in [7, 11) is 0. The molecular weight excluding hydrogens is 540 g/mol. The van der Waals surface area contributed by atoms with E-state index in [2.05, 4.69) is 22.5 Å². The Balaban J connectivity index is 1.89. The molecule has 1 aromatic rings. The third kappa shape index (κ3) is 4.23. The normalized spacial score (nSPS) is 31.0. The number of anilines is 1. The monoisotopic (exact) mass is 576 g/mol. The van der Waals surface area contributed by atoms with Crippen molar-refractivity contribution in [2.45, 2.75) is 69.7 Å². The van der Waals surface area contributed by atoms with Gasteiger partial charge >= 0.3 is 5.97 Å². The number of nitrogens with zero attached hydrogens (tertiary/aromatic N) is 2. The fraction of sp³-hybridized carbons (Fsp3) is 0.607. The number of carbonyl (C=O) groups excluding carboxylic acids is 3. The maximum atomic E-state index is 14.7. The molecule has 3 aliphatic rings. The molecule has 2 bridgehead atoms. The van der Waals surface area contributed by atoms with E-state index in [4.69, 9.17) is 9.47 Å². The Morgan fingerprint density at radius 1 is 1.35 bits per heavy atom. The highest BCUT2D eigenvalue weighted by atomic mass is 79.9. The largest absolute Gasteiger partial charge is 0.466 e. The number of aliphatic hydroxyl groups is 1. The average Bonchev–Trinajstić information content (AvgIpc) is 3.42. The number of benzene rings is 1. The number of aliphatic hydroxyl groups excluding tert-OH is 1. The van der Waals surface area contributed by atoms with E-state index in [0.717, 1.165) is 16.8 Å². The topological polar surface area (TPSA) is 96.4 Å². The molecule has 202 valence electrons. The van der Waals surface area contributed by atoms with Gasteiger partial charge in [0.15, 0.2) is 0 Å². The number of hydrogen-bond acceptors (Lipinski definition) is 6. The van der Waals surface area contributed by atoms with Crippen LogP contribution in [0, 0.1) is 31.6 Å². The van der Waals surface area contributed by atoms with Crippen molar-refractivity contribution in [2.24, 2.45) is 17.8 Å². The van der Waals surface area contributed by atoms with E-state index in [1.807, 2.05) is 45.9 Å². The van der Waals surface area contributed by atoms with Crippen molar-refractivity contribution < 1.29 is 29.0 Å². The van der Waals surface area contributed by atoms with Gasteiger partial charge in [0.05, 0.1) is 37.2 Å². The van der Waals surface area contributed by atoms with Crippen molar-refractivity contribution in [3.05, 3.63) is 42.0 Å². The zero-order chi connectivity index (χ0) is 27.2. The highest BCUT2D eigenvalue weighted by Crippen LogP contribution is 2.61. The third-order valence-corrected chi connectivity index (χ3v) is 8.97. The minimum absolute atomic E-state index is 0.134. The highest BCUT2D eigenvalue weighted by Gasteiger charge is 2.77. The van der Waals surface area contributed by atoms with Crippen molar-refractivity contribution in [3.63, 3.8) is 0 Å². The molecule has 8 nitrogen and oxygen atoms in total. The van der Waals surface area contributed by atoms with E-state index >= 15 is 0 Å². The van der Waals surface area contributed by atoms with Crippen molar-refractivity contribution in [1.29, 1.82) is 0 Å². The molecule has 7 atom stereocenters. The average molecular weight is 578 g/mol. The lowest BCUT2D eigenvalue weighted by Gasteiger charge is -2.41. The van der Waals surface area contributed by atoms with Gasteiger partial charge < -0.3 is 24.4 Å². The summed E-state index contributed by atoms with van der Waals surface area (Å²) in [4.78, 5) is 44.9. The number of para-hydroxylation sites is 1. The summed E-state index contributed by atoms with van der Waals surface area (Å²) in [5.74, 6) is -2.97. The van der Waals surface area contributed by atoms with Crippen LogP contribution in [0.4, 0.5) is 5.69 Å². The van der Waals surface area contributed by atoms with E-state index in [-0.39, 0.29) is 42.3 Å². The molecule has 0 aliphatic carbocycles. The van der Waals surface area contributed by atoms with Gasteiger partial charge in [0, 0.05) is 17.1 Å². The van der Waals surface area contributed by atoms with Gasteiger partial charge in [0.2, 0.25) is 5.91 Å². The van der Waals surface area contributed by atoms with E-state index in [0.29, 0.717) is 6.42 Å². The van der Waals surface area contributed by atoms with Gasteiger partial charge in [-0.15, -0.1) is 6.58 Å². The number of aryl methyl sites for hydroxylation is 2. The lowest BCUT2D eigenvalue weighted by atomic mass is 9.70. The van der Waals surface area contributed by atoms with Crippen LogP contribution >= 0.6 is 15.9 Å². The second-order valence-electron chi connectivity index (χ2n) is 10.6. The van der Waals surface area contributed by atoms with Crippen LogP contribution < -0.4 is 4.90 Å². The van der Waals surface area contributed by atoms with Crippen LogP contribution in [-0.4, -0.2) is 76.2 Å². The summed E-state index contributed by atoms with van der Waals surface area (Å²) in [6.45, 7) is 13.4. The number of rotatable bonds is 9. The molecule has 0 radical (unpaired) electrons. The second kappa shape index (κ2) is 10.5. The van der Waals surface area contributed by atoms with Crippen LogP contribution in [0.15, 0.2) is 30.9 Å². The fourth-order valence-corrected chi connectivity index (χ4v) is 7.57. The number of fused-ring (bicyclic) bond motifs is 1. The Bertz CT molecular complexity index is 1070. The smallest absolute Gasteiger partial charge is 0.312 e. The number of halogens is 1. The standard InChI is InChI=1S/C28H37BrN2O6/c1-7-12-30(22-16(5)10-9-11-17(22)6)26(34)24-28-13-18(29)23(37-28)20(27(35)36-8-2)21(28)25(33)31(24)19(14-32)15(3)4/h7,9-11,15,18-21,23-24,32H,1,8,12-14H2,2-6H3/t18?,19-,20-,21-,23-,24?,28?/m0/s1. The number of alkyl halides is 1. The van der Waals surface area contributed by atoms with E-state index in [1.54, 1.807) is 17.9 Å². The molecule has 1 N–H and O–H groups in total. The fourth-order valence-electron chi connectivity index (χ4n) is 6.63.